The van der Waals surface area contributed by atoms with Gasteiger partial charge in [-0.2, -0.15) is 0 Å². The zero-order chi connectivity index (χ0) is 12.4. The van der Waals surface area contributed by atoms with Gasteiger partial charge >= 0.3 is 5.97 Å². The molecule has 0 heterocycles. The Morgan fingerprint density at radius 2 is 1.94 bits per heavy atom. The van der Waals surface area contributed by atoms with Crippen LogP contribution < -0.4 is 0 Å². The van der Waals surface area contributed by atoms with E-state index >= 15 is 0 Å². The first-order chi connectivity index (χ1) is 7.33. The van der Waals surface area contributed by atoms with Crippen molar-refractivity contribution < 1.29 is 14.3 Å². The lowest BCUT2D eigenvalue weighted by Gasteiger charge is -2.36. The molecule has 0 aromatic heterocycles. The normalized spacial score (nSPS) is 26.8. The van der Waals surface area contributed by atoms with Crippen molar-refractivity contribution in [2.45, 2.75) is 40.5 Å². The van der Waals surface area contributed by atoms with E-state index in [9.17, 15) is 9.59 Å². The second kappa shape index (κ2) is 4.40. The monoisotopic (exact) mass is 224 g/mol. The third-order valence-electron chi connectivity index (χ3n) is 3.75. The van der Waals surface area contributed by atoms with Gasteiger partial charge in [0.1, 0.15) is 0 Å². The van der Waals surface area contributed by atoms with Gasteiger partial charge in [0, 0.05) is 11.8 Å². The van der Waals surface area contributed by atoms with E-state index in [1.807, 2.05) is 26.8 Å². The molecule has 0 saturated carbocycles. The maximum absolute atomic E-state index is 12.1. The maximum atomic E-state index is 12.1. The fourth-order valence-corrected chi connectivity index (χ4v) is 1.92. The molecule has 90 valence electrons. The Morgan fingerprint density at radius 1 is 1.31 bits per heavy atom. The van der Waals surface area contributed by atoms with E-state index in [2.05, 4.69) is 6.08 Å². The SMILES string of the molecule is CCC(=O)OCC(=O)C1(C)CC=CC1(C)C. The Bertz CT molecular complexity index is 328. The van der Waals surface area contributed by atoms with Gasteiger partial charge in [-0.25, -0.2) is 0 Å². The summed E-state index contributed by atoms with van der Waals surface area (Å²) in [6, 6.07) is 0. The lowest BCUT2D eigenvalue weighted by Crippen LogP contribution is -2.40. The standard InChI is InChI=1S/C13H20O3/c1-5-11(15)16-9-10(14)13(4)8-6-7-12(13,2)3/h6-7H,5,8-9H2,1-4H3. The minimum atomic E-state index is -0.443. The Labute approximate surface area is 96.9 Å². The van der Waals surface area contributed by atoms with Gasteiger partial charge in [-0.05, 0) is 11.8 Å². The van der Waals surface area contributed by atoms with Crippen molar-refractivity contribution in [3.8, 4) is 0 Å². The number of allylic oxidation sites excluding steroid dienone is 2. The van der Waals surface area contributed by atoms with E-state index in [-0.39, 0.29) is 23.8 Å². The van der Waals surface area contributed by atoms with Crippen LogP contribution in [0.1, 0.15) is 40.5 Å². The number of carbonyl (C=O) groups is 2. The fraction of sp³-hybridized carbons (Fsp3) is 0.692. The summed E-state index contributed by atoms with van der Waals surface area (Å²) >= 11 is 0. The average molecular weight is 224 g/mol. The number of carbonyl (C=O) groups excluding carboxylic acids is 2. The van der Waals surface area contributed by atoms with Crippen LogP contribution in [0.5, 0.6) is 0 Å². The molecule has 0 aromatic carbocycles. The minimum absolute atomic E-state index is 0.00398. The molecule has 0 N–H and O–H groups in total. The third-order valence-corrected chi connectivity index (χ3v) is 3.75. The molecule has 0 amide bonds. The summed E-state index contributed by atoms with van der Waals surface area (Å²) < 4.78 is 4.91. The molecular weight excluding hydrogens is 204 g/mol. The molecule has 0 bridgehead atoms. The van der Waals surface area contributed by atoms with Crippen LogP contribution >= 0.6 is 0 Å². The average Bonchev–Trinajstić information content (AvgIpc) is 2.50. The highest BCUT2D eigenvalue weighted by atomic mass is 16.5. The van der Waals surface area contributed by atoms with Crippen LogP contribution in [0.2, 0.25) is 0 Å². The van der Waals surface area contributed by atoms with Crippen LogP contribution in [0.4, 0.5) is 0 Å². The summed E-state index contributed by atoms with van der Waals surface area (Å²) in [5.74, 6) is -0.315. The molecule has 0 aliphatic heterocycles. The van der Waals surface area contributed by atoms with E-state index in [0.29, 0.717) is 6.42 Å². The second-order valence-corrected chi connectivity index (χ2v) is 5.10. The molecule has 0 aromatic rings. The highest BCUT2D eigenvalue weighted by Gasteiger charge is 2.47. The van der Waals surface area contributed by atoms with Crippen LogP contribution in [-0.4, -0.2) is 18.4 Å². The van der Waals surface area contributed by atoms with Crippen molar-refractivity contribution in [2.24, 2.45) is 10.8 Å². The number of Topliss-reactive ketones (excluding diaryl/α,β-unsaturated/α-hetero) is 1. The van der Waals surface area contributed by atoms with Gasteiger partial charge in [0.25, 0.3) is 0 Å². The molecule has 1 rings (SSSR count). The smallest absolute Gasteiger partial charge is 0.305 e. The molecule has 0 fully saturated rings. The summed E-state index contributed by atoms with van der Waals surface area (Å²) in [6.45, 7) is 7.63. The van der Waals surface area contributed by atoms with Crippen LogP contribution in [0, 0.1) is 10.8 Å². The molecule has 1 atom stereocenters. The Balaban J connectivity index is 2.64. The summed E-state index contributed by atoms with van der Waals surface area (Å²) in [6.07, 6.45) is 5.13. The molecule has 0 radical (unpaired) electrons. The van der Waals surface area contributed by atoms with Gasteiger partial charge in [0.15, 0.2) is 12.4 Å². The first-order valence-electron chi connectivity index (χ1n) is 5.70. The van der Waals surface area contributed by atoms with Crippen LogP contribution in [0.15, 0.2) is 12.2 Å². The summed E-state index contributed by atoms with van der Waals surface area (Å²) in [4.78, 5) is 23.1. The molecule has 16 heavy (non-hydrogen) atoms. The number of ether oxygens (including phenoxy) is 1. The number of hydrogen-bond donors (Lipinski definition) is 0. The topological polar surface area (TPSA) is 43.4 Å². The number of hydrogen-bond acceptors (Lipinski definition) is 3. The highest BCUT2D eigenvalue weighted by Crippen LogP contribution is 2.48. The predicted octanol–water partition coefficient (Wildman–Crippen LogP) is 2.50. The lowest BCUT2D eigenvalue weighted by molar-refractivity contribution is -0.151. The number of esters is 1. The Kier molecular flexibility index (Phi) is 3.56. The Hall–Kier alpha value is -1.12. The zero-order valence-corrected chi connectivity index (χ0v) is 10.5. The van der Waals surface area contributed by atoms with E-state index in [0.717, 1.165) is 6.42 Å². The van der Waals surface area contributed by atoms with Gasteiger partial charge in [0.2, 0.25) is 0 Å². The maximum Gasteiger partial charge on any atom is 0.305 e. The fourth-order valence-electron chi connectivity index (χ4n) is 1.92. The van der Waals surface area contributed by atoms with Gasteiger partial charge in [-0.1, -0.05) is 39.8 Å². The van der Waals surface area contributed by atoms with E-state index < -0.39 is 5.41 Å². The van der Waals surface area contributed by atoms with Gasteiger partial charge in [0.05, 0.1) is 0 Å². The first-order valence-corrected chi connectivity index (χ1v) is 5.70. The van der Waals surface area contributed by atoms with E-state index in [1.54, 1.807) is 6.92 Å². The Morgan fingerprint density at radius 3 is 2.38 bits per heavy atom. The van der Waals surface area contributed by atoms with Crippen molar-refractivity contribution in [2.75, 3.05) is 6.61 Å². The summed E-state index contributed by atoms with van der Waals surface area (Å²) in [7, 11) is 0. The molecule has 1 aliphatic rings. The van der Waals surface area contributed by atoms with Crippen molar-refractivity contribution >= 4 is 11.8 Å². The second-order valence-electron chi connectivity index (χ2n) is 5.10. The third kappa shape index (κ3) is 2.18. The molecule has 0 saturated heterocycles. The summed E-state index contributed by atoms with van der Waals surface area (Å²) in [5, 5.41) is 0. The number of rotatable bonds is 4. The molecule has 1 aliphatic carbocycles. The first kappa shape index (κ1) is 12.9. The predicted molar refractivity (Wildman–Crippen MR) is 61.9 cm³/mol. The molecule has 0 spiro atoms. The van der Waals surface area contributed by atoms with E-state index in [1.165, 1.54) is 0 Å². The lowest BCUT2D eigenvalue weighted by atomic mass is 9.66. The number of ketones is 1. The largest absolute Gasteiger partial charge is 0.458 e. The van der Waals surface area contributed by atoms with Crippen LogP contribution in [0.3, 0.4) is 0 Å². The summed E-state index contributed by atoms with van der Waals surface area (Å²) in [5.41, 5.74) is -0.607. The van der Waals surface area contributed by atoms with Crippen LogP contribution in [0.25, 0.3) is 0 Å². The zero-order valence-electron chi connectivity index (χ0n) is 10.5. The molecule has 3 nitrogen and oxygen atoms in total. The molecule has 1 unspecified atom stereocenters. The van der Waals surface area contributed by atoms with Crippen LogP contribution in [-0.2, 0) is 14.3 Å². The quantitative estimate of drug-likeness (QED) is 0.544. The van der Waals surface area contributed by atoms with Gasteiger partial charge in [-0.15, -0.1) is 0 Å². The van der Waals surface area contributed by atoms with Crippen molar-refractivity contribution in [3.63, 3.8) is 0 Å². The molecule has 3 heteroatoms. The molecular formula is C13H20O3. The van der Waals surface area contributed by atoms with Crippen molar-refractivity contribution in [1.29, 1.82) is 0 Å². The minimum Gasteiger partial charge on any atom is -0.458 e. The van der Waals surface area contributed by atoms with Crippen molar-refractivity contribution in [3.05, 3.63) is 12.2 Å². The van der Waals surface area contributed by atoms with Crippen molar-refractivity contribution in [1.82, 2.24) is 0 Å². The van der Waals surface area contributed by atoms with E-state index in [4.69, 9.17) is 4.74 Å². The van der Waals surface area contributed by atoms with Gasteiger partial charge in [-0.3, -0.25) is 9.59 Å². The highest BCUT2D eigenvalue weighted by molar-refractivity contribution is 5.89. The van der Waals surface area contributed by atoms with Gasteiger partial charge < -0.3 is 4.74 Å².